The summed E-state index contributed by atoms with van der Waals surface area (Å²) in [7, 11) is 2.99. The predicted octanol–water partition coefficient (Wildman–Crippen LogP) is 1.31. The van der Waals surface area contributed by atoms with Gasteiger partial charge >= 0.3 is 5.97 Å². The van der Waals surface area contributed by atoms with Gasteiger partial charge in [0.25, 0.3) is 0 Å². The third-order valence-electron chi connectivity index (χ3n) is 2.31. The number of hydrogen-bond donors (Lipinski definition) is 2. The topological polar surface area (TPSA) is 81.8 Å². The van der Waals surface area contributed by atoms with Crippen LogP contribution in [0.5, 0.6) is 11.5 Å². The monoisotopic (exact) mass is 259 g/mol. The molecule has 0 radical (unpaired) electrons. The van der Waals surface area contributed by atoms with Crippen molar-refractivity contribution in [3.05, 3.63) is 22.7 Å². The molecule has 0 aliphatic heterocycles. The normalized spacial score (nSPS) is 12.0. The number of carboxylic acids is 1. The summed E-state index contributed by atoms with van der Waals surface area (Å²) < 4.78 is 10.2. The molecule has 0 bridgehead atoms. The summed E-state index contributed by atoms with van der Waals surface area (Å²) >= 11 is 6.00. The Labute approximate surface area is 104 Å². The van der Waals surface area contributed by atoms with E-state index in [4.69, 9.17) is 31.9 Å². The Morgan fingerprint density at radius 1 is 1.41 bits per heavy atom. The zero-order chi connectivity index (χ0) is 13.0. The van der Waals surface area contributed by atoms with Gasteiger partial charge in [-0.15, -0.1) is 0 Å². The zero-order valence-electron chi connectivity index (χ0n) is 9.57. The number of methoxy groups -OCH3 is 2. The van der Waals surface area contributed by atoms with Crippen LogP contribution in [0.2, 0.25) is 5.02 Å². The summed E-state index contributed by atoms with van der Waals surface area (Å²) in [5.74, 6) is -0.0921. The average Bonchev–Trinajstić information content (AvgIpc) is 2.30. The molecule has 0 saturated heterocycles. The summed E-state index contributed by atoms with van der Waals surface area (Å²) in [6, 6.07) is 2.21. The third kappa shape index (κ3) is 3.25. The van der Waals surface area contributed by atoms with Crippen molar-refractivity contribution in [3.63, 3.8) is 0 Å². The van der Waals surface area contributed by atoms with Crippen LogP contribution in [0.3, 0.4) is 0 Å². The van der Waals surface area contributed by atoms with Crippen molar-refractivity contribution in [2.45, 2.75) is 12.5 Å². The number of halogens is 1. The minimum Gasteiger partial charge on any atom is -0.493 e. The molecule has 1 rings (SSSR count). The molecule has 6 heteroatoms. The van der Waals surface area contributed by atoms with Crippen molar-refractivity contribution in [1.82, 2.24) is 0 Å². The summed E-state index contributed by atoms with van der Waals surface area (Å²) in [4.78, 5) is 10.7. The van der Waals surface area contributed by atoms with Crippen LogP contribution in [0.1, 0.15) is 5.56 Å². The Kier molecular flexibility index (Phi) is 4.60. The van der Waals surface area contributed by atoms with Gasteiger partial charge in [-0.05, 0) is 18.1 Å². The van der Waals surface area contributed by atoms with Gasteiger partial charge < -0.3 is 20.3 Å². The molecule has 1 aromatic carbocycles. The van der Waals surface area contributed by atoms with Crippen LogP contribution in [-0.4, -0.2) is 31.3 Å². The standard InChI is InChI=1S/C11H14ClNO4/c1-16-9-4-6(3-8(13)11(14)15)7(12)5-10(9)17-2/h4-5,8H,3,13H2,1-2H3,(H,14,15). The molecular weight excluding hydrogens is 246 g/mol. The lowest BCUT2D eigenvalue weighted by atomic mass is 10.1. The number of nitrogens with two attached hydrogens (primary N) is 1. The van der Waals surface area contributed by atoms with E-state index in [1.807, 2.05) is 0 Å². The molecule has 1 aromatic rings. The molecule has 1 atom stereocenters. The minimum atomic E-state index is -1.07. The van der Waals surface area contributed by atoms with Crippen LogP contribution >= 0.6 is 11.6 Å². The van der Waals surface area contributed by atoms with Crippen molar-refractivity contribution in [2.24, 2.45) is 5.73 Å². The second-order valence-corrected chi connectivity index (χ2v) is 3.85. The van der Waals surface area contributed by atoms with Crippen LogP contribution in [0.25, 0.3) is 0 Å². The summed E-state index contributed by atoms with van der Waals surface area (Å²) in [5.41, 5.74) is 6.06. The van der Waals surface area contributed by atoms with Gasteiger partial charge in [0.2, 0.25) is 0 Å². The van der Waals surface area contributed by atoms with Gasteiger partial charge in [-0.1, -0.05) is 11.6 Å². The number of carbonyl (C=O) groups is 1. The fourth-order valence-corrected chi connectivity index (χ4v) is 1.61. The molecular formula is C11H14ClNO4. The Bertz CT molecular complexity index is 422. The fraction of sp³-hybridized carbons (Fsp3) is 0.364. The Hall–Kier alpha value is -1.46. The van der Waals surface area contributed by atoms with E-state index in [0.717, 1.165) is 0 Å². The molecule has 0 spiro atoms. The molecule has 0 amide bonds. The maximum atomic E-state index is 10.7. The Balaban J connectivity index is 3.04. The van der Waals surface area contributed by atoms with E-state index in [0.29, 0.717) is 22.1 Å². The van der Waals surface area contributed by atoms with E-state index in [-0.39, 0.29) is 6.42 Å². The van der Waals surface area contributed by atoms with E-state index in [1.54, 1.807) is 12.1 Å². The SMILES string of the molecule is COc1cc(Cl)c(CC(N)C(=O)O)cc1OC. The molecule has 0 aliphatic rings. The molecule has 0 heterocycles. The first-order valence-corrected chi connectivity index (χ1v) is 5.26. The summed E-state index contributed by atoms with van der Waals surface area (Å²) in [5, 5.41) is 9.14. The molecule has 0 aliphatic carbocycles. The third-order valence-corrected chi connectivity index (χ3v) is 2.66. The van der Waals surface area contributed by atoms with E-state index < -0.39 is 12.0 Å². The number of hydrogen-bond acceptors (Lipinski definition) is 4. The highest BCUT2D eigenvalue weighted by Gasteiger charge is 2.16. The molecule has 0 aromatic heterocycles. The first-order valence-electron chi connectivity index (χ1n) is 4.88. The lowest BCUT2D eigenvalue weighted by Crippen LogP contribution is -2.32. The summed E-state index contributed by atoms with van der Waals surface area (Å²) in [6.07, 6.45) is 0.133. The van der Waals surface area contributed by atoms with Crippen molar-refractivity contribution in [1.29, 1.82) is 0 Å². The van der Waals surface area contributed by atoms with Gasteiger partial charge in [-0.25, -0.2) is 0 Å². The van der Waals surface area contributed by atoms with Gasteiger partial charge in [0, 0.05) is 11.1 Å². The molecule has 5 nitrogen and oxygen atoms in total. The highest BCUT2D eigenvalue weighted by atomic mass is 35.5. The fourth-order valence-electron chi connectivity index (χ4n) is 1.38. The number of aliphatic carboxylic acids is 1. The van der Waals surface area contributed by atoms with Gasteiger partial charge in [0.15, 0.2) is 11.5 Å². The first-order chi connectivity index (χ1) is 7.99. The molecule has 17 heavy (non-hydrogen) atoms. The zero-order valence-corrected chi connectivity index (χ0v) is 10.3. The average molecular weight is 260 g/mol. The smallest absolute Gasteiger partial charge is 0.320 e. The van der Waals surface area contributed by atoms with E-state index in [1.165, 1.54) is 14.2 Å². The number of carboxylic acid groups (broad SMARTS) is 1. The quantitative estimate of drug-likeness (QED) is 0.833. The highest BCUT2D eigenvalue weighted by molar-refractivity contribution is 6.31. The number of ether oxygens (including phenoxy) is 2. The van der Waals surface area contributed by atoms with Gasteiger partial charge in [-0.3, -0.25) is 4.79 Å². The van der Waals surface area contributed by atoms with Crippen LogP contribution in [0.15, 0.2) is 12.1 Å². The minimum absolute atomic E-state index is 0.133. The molecule has 94 valence electrons. The van der Waals surface area contributed by atoms with E-state index in [9.17, 15) is 4.79 Å². The first kappa shape index (κ1) is 13.6. The largest absolute Gasteiger partial charge is 0.493 e. The lowest BCUT2D eigenvalue weighted by Gasteiger charge is -2.13. The number of benzene rings is 1. The Morgan fingerprint density at radius 3 is 2.41 bits per heavy atom. The maximum absolute atomic E-state index is 10.7. The van der Waals surface area contributed by atoms with Crippen molar-refractivity contribution >= 4 is 17.6 Å². The summed E-state index contributed by atoms with van der Waals surface area (Å²) in [6.45, 7) is 0. The van der Waals surface area contributed by atoms with Gasteiger partial charge in [0.1, 0.15) is 6.04 Å². The van der Waals surface area contributed by atoms with Gasteiger partial charge in [-0.2, -0.15) is 0 Å². The van der Waals surface area contributed by atoms with Crippen molar-refractivity contribution in [3.8, 4) is 11.5 Å². The predicted molar refractivity (Wildman–Crippen MR) is 63.9 cm³/mol. The maximum Gasteiger partial charge on any atom is 0.320 e. The van der Waals surface area contributed by atoms with E-state index in [2.05, 4.69) is 0 Å². The molecule has 0 fully saturated rings. The van der Waals surface area contributed by atoms with E-state index >= 15 is 0 Å². The lowest BCUT2D eigenvalue weighted by molar-refractivity contribution is -0.138. The van der Waals surface area contributed by atoms with Crippen molar-refractivity contribution in [2.75, 3.05) is 14.2 Å². The van der Waals surface area contributed by atoms with Crippen molar-refractivity contribution < 1.29 is 19.4 Å². The molecule has 1 unspecified atom stereocenters. The van der Waals surface area contributed by atoms with Crippen LogP contribution in [-0.2, 0) is 11.2 Å². The van der Waals surface area contributed by atoms with Gasteiger partial charge in [0.05, 0.1) is 14.2 Å². The second kappa shape index (κ2) is 5.75. The van der Waals surface area contributed by atoms with Crippen LogP contribution in [0.4, 0.5) is 0 Å². The van der Waals surface area contributed by atoms with Crippen LogP contribution in [0, 0.1) is 0 Å². The molecule has 3 N–H and O–H groups in total. The Morgan fingerprint density at radius 2 is 1.94 bits per heavy atom. The second-order valence-electron chi connectivity index (χ2n) is 3.45. The highest BCUT2D eigenvalue weighted by Crippen LogP contribution is 2.33. The number of rotatable bonds is 5. The molecule has 0 saturated carbocycles. The van der Waals surface area contributed by atoms with Crippen LogP contribution < -0.4 is 15.2 Å².